The summed E-state index contributed by atoms with van der Waals surface area (Å²) >= 11 is 7.46. The first-order chi connectivity index (χ1) is 10.6. The Balaban J connectivity index is 2.03. The number of hydrogen-bond donors (Lipinski definition) is 1. The third kappa shape index (κ3) is 4.35. The summed E-state index contributed by atoms with van der Waals surface area (Å²) < 4.78 is 5.09. The first-order valence-electron chi connectivity index (χ1n) is 6.70. The molecule has 0 spiro atoms. The molecule has 0 aliphatic rings. The Kier molecular flexibility index (Phi) is 6.03. The number of thioether (sulfide) groups is 1. The van der Waals surface area contributed by atoms with Crippen LogP contribution in [0, 0.1) is 0 Å². The maximum atomic E-state index is 12.2. The van der Waals surface area contributed by atoms with Crippen molar-refractivity contribution in [3.8, 4) is 5.75 Å². The average molecular weight is 338 g/mol. The minimum Gasteiger partial charge on any atom is -0.497 e. The van der Waals surface area contributed by atoms with Gasteiger partial charge in [-0.05, 0) is 23.4 Å². The monoisotopic (exact) mass is 337 g/mol. The number of ether oxygens (including phenoxy) is 1. The summed E-state index contributed by atoms with van der Waals surface area (Å²) in [5, 5.41) is 3.59. The topological polar surface area (TPSA) is 64.1 Å². The Bertz CT molecular complexity index is 650. The number of benzene rings is 1. The lowest BCUT2D eigenvalue weighted by Gasteiger charge is -2.08. The van der Waals surface area contributed by atoms with Crippen molar-refractivity contribution < 1.29 is 9.53 Å². The first-order valence-corrected chi connectivity index (χ1v) is 8.07. The Morgan fingerprint density at radius 1 is 1.36 bits per heavy atom. The SMILES string of the molecule is CCSc1ncc(Cl)c(C(=O)NCc2ccc(OC)cc2)n1. The van der Waals surface area contributed by atoms with Gasteiger partial charge < -0.3 is 10.1 Å². The molecule has 0 aliphatic heterocycles. The second kappa shape index (κ2) is 8.00. The molecule has 22 heavy (non-hydrogen) atoms. The summed E-state index contributed by atoms with van der Waals surface area (Å²) in [6.45, 7) is 2.38. The predicted octanol–water partition coefficient (Wildman–Crippen LogP) is 3.18. The van der Waals surface area contributed by atoms with Crippen molar-refractivity contribution in [3.63, 3.8) is 0 Å². The van der Waals surface area contributed by atoms with Crippen molar-refractivity contribution >= 4 is 29.3 Å². The van der Waals surface area contributed by atoms with E-state index < -0.39 is 0 Å². The number of rotatable bonds is 6. The molecule has 0 bridgehead atoms. The van der Waals surface area contributed by atoms with Gasteiger partial charge in [0.05, 0.1) is 18.3 Å². The van der Waals surface area contributed by atoms with E-state index in [9.17, 15) is 4.79 Å². The lowest BCUT2D eigenvalue weighted by Crippen LogP contribution is -2.24. The van der Waals surface area contributed by atoms with Crippen LogP contribution in [-0.4, -0.2) is 28.7 Å². The van der Waals surface area contributed by atoms with E-state index >= 15 is 0 Å². The minimum atomic E-state index is -0.318. The molecular weight excluding hydrogens is 322 g/mol. The third-order valence-electron chi connectivity index (χ3n) is 2.82. The maximum Gasteiger partial charge on any atom is 0.271 e. The van der Waals surface area contributed by atoms with E-state index in [4.69, 9.17) is 16.3 Å². The van der Waals surface area contributed by atoms with Crippen LogP contribution in [0.15, 0.2) is 35.6 Å². The van der Waals surface area contributed by atoms with Crippen LogP contribution in [0.5, 0.6) is 5.75 Å². The number of amides is 1. The average Bonchev–Trinajstić information content (AvgIpc) is 2.55. The van der Waals surface area contributed by atoms with Gasteiger partial charge in [0.25, 0.3) is 5.91 Å². The van der Waals surface area contributed by atoms with Crippen molar-refractivity contribution in [2.24, 2.45) is 0 Å². The lowest BCUT2D eigenvalue weighted by atomic mass is 10.2. The number of aromatic nitrogens is 2. The number of halogens is 1. The van der Waals surface area contributed by atoms with Crippen LogP contribution in [-0.2, 0) is 6.54 Å². The zero-order valence-corrected chi connectivity index (χ0v) is 13.9. The van der Waals surface area contributed by atoms with Gasteiger partial charge in [0.1, 0.15) is 5.75 Å². The highest BCUT2D eigenvalue weighted by atomic mass is 35.5. The van der Waals surface area contributed by atoms with Crippen molar-refractivity contribution in [1.29, 1.82) is 0 Å². The molecule has 0 fully saturated rings. The molecule has 1 N–H and O–H groups in total. The van der Waals surface area contributed by atoms with Gasteiger partial charge in [-0.15, -0.1) is 0 Å². The Morgan fingerprint density at radius 3 is 2.73 bits per heavy atom. The van der Waals surface area contributed by atoms with E-state index in [-0.39, 0.29) is 16.6 Å². The smallest absolute Gasteiger partial charge is 0.271 e. The lowest BCUT2D eigenvalue weighted by molar-refractivity contribution is 0.0945. The van der Waals surface area contributed by atoms with Gasteiger partial charge >= 0.3 is 0 Å². The molecule has 0 radical (unpaired) electrons. The van der Waals surface area contributed by atoms with E-state index in [2.05, 4.69) is 15.3 Å². The van der Waals surface area contributed by atoms with Crippen molar-refractivity contribution in [2.45, 2.75) is 18.6 Å². The van der Waals surface area contributed by atoms with Gasteiger partial charge in [0.15, 0.2) is 10.9 Å². The highest BCUT2D eigenvalue weighted by molar-refractivity contribution is 7.99. The van der Waals surface area contributed by atoms with Crippen LogP contribution in [0.4, 0.5) is 0 Å². The quantitative estimate of drug-likeness (QED) is 0.648. The molecule has 2 rings (SSSR count). The largest absolute Gasteiger partial charge is 0.497 e. The fraction of sp³-hybridized carbons (Fsp3) is 0.267. The number of nitrogens with zero attached hydrogens (tertiary/aromatic N) is 2. The first kappa shape index (κ1) is 16.6. The van der Waals surface area contributed by atoms with Crippen molar-refractivity contribution in [2.75, 3.05) is 12.9 Å². The zero-order valence-electron chi connectivity index (χ0n) is 12.3. The van der Waals surface area contributed by atoms with Crippen molar-refractivity contribution in [1.82, 2.24) is 15.3 Å². The highest BCUT2D eigenvalue weighted by Crippen LogP contribution is 2.18. The summed E-state index contributed by atoms with van der Waals surface area (Å²) in [5.74, 6) is 1.28. The fourth-order valence-electron chi connectivity index (χ4n) is 1.72. The molecule has 1 amide bonds. The molecule has 0 atom stereocenters. The van der Waals surface area contributed by atoms with E-state index in [1.165, 1.54) is 18.0 Å². The van der Waals surface area contributed by atoms with Gasteiger partial charge in [0.2, 0.25) is 0 Å². The molecule has 5 nitrogen and oxygen atoms in total. The highest BCUT2D eigenvalue weighted by Gasteiger charge is 2.14. The third-order valence-corrected chi connectivity index (χ3v) is 3.84. The van der Waals surface area contributed by atoms with Crippen LogP contribution < -0.4 is 10.1 Å². The molecule has 0 saturated carbocycles. The minimum absolute atomic E-state index is 0.195. The van der Waals surface area contributed by atoms with Gasteiger partial charge in [0, 0.05) is 6.54 Å². The second-order valence-corrected chi connectivity index (χ2v) is 5.95. The summed E-state index contributed by atoms with van der Waals surface area (Å²) in [5.41, 5.74) is 1.16. The van der Waals surface area contributed by atoms with E-state index in [1.807, 2.05) is 31.2 Å². The van der Waals surface area contributed by atoms with Gasteiger partial charge in [-0.25, -0.2) is 9.97 Å². The molecule has 0 saturated heterocycles. The van der Waals surface area contributed by atoms with Crippen LogP contribution in [0.3, 0.4) is 0 Å². The number of hydrogen-bond acceptors (Lipinski definition) is 5. The van der Waals surface area contributed by atoms with Crippen LogP contribution in [0.2, 0.25) is 5.02 Å². The van der Waals surface area contributed by atoms with E-state index in [1.54, 1.807) is 7.11 Å². The molecule has 116 valence electrons. The second-order valence-electron chi connectivity index (χ2n) is 4.31. The van der Waals surface area contributed by atoms with Crippen LogP contribution in [0.25, 0.3) is 0 Å². The van der Waals surface area contributed by atoms with Crippen LogP contribution >= 0.6 is 23.4 Å². The number of carbonyl (C=O) groups excluding carboxylic acids is 1. The van der Waals surface area contributed by atoms with E-state index in [0.717, 1.165) is 17.1 Å². The molecule has 7 heteroatoms. The molecule has 0 unspecified atom stereocenters. The Labute approximate surface area is 138 Å². The zero-order chi connectivity index (χ0) is 15.9. The number of carbonyl (C=O) groups is 1. The van der Waals surface area contributed by atoms with E-state index in [0.29, 0.717) is 11.7 Å². The van der Waals surface area contributed by atoms with Gasteiger partial charge in [-0.2, -0.15) is 0 Å². The van der Waals surface area contributed by atoms with Gasteiger partial charge in [-0.1, -0.05) is 42.4 Å². The Hall–Kier alpha value is -1.79. The number of nitrogens with one attached hydrogen (secondary N) is 1. The molecule has 1 heterocycles. The van der Waals surface area contributed by atoms with Crippen molar-refractivity contribution in [3.05, 3.63) is 46.7 Å². The maximum absolute atomic E-state index is 12.2. The fourth-order valence-corrected chi connectivity index (χ4v) is 2.44. The standard InChI is InChI=1S/C15H16ClN3O2S/c1-3-22-15-18-9-12(16)13(19-15)14(20)17-8-10-4-6-11(21-2)7-5-10/h4-7,9H,3,8H2,1-2H3,(H,17,20). The number of methoxy groups -OCH3 is 1. The molecule has 2 aromatic rings. The molecule has 0 aliphatic carbocycles. The molecule has 1 aromatic heterocycles. The molecular formula is C15H16ClN3O2S. The molecule has 1 aromatic carbocycles. The van der Waals surface area contributed by atoms with Crippen LogP contribution in [0.1, 0.15) is 23.0 Å². The normalized spacial score (nSPS) is 10.3. The summed E-state index contributed by atoms with van der Waals surface area (Å²) in [4.78, 5) is 20.5. The predicted molar refractivity (Wildman–Crippen MR) is 87.6 cm³/mol. The van der Waals surface area contributed by atoms with Gasteiger partial charge in [-0.3, -0.25) is 4.79 Å². The Morgan fingerprint density at radius 2 is 2.09 bits per heavy atom. The summed E-state index contributed by atoms with van der Waals surface area (Å²) in [7, 11) is 1.61. The summed E-state index contributed by atoms with van der Waals surface area (Å²) in [6, 6.07) is 7.46. The summed E-state index contributed by atoms with van der Waals surface area (Å²) in [6.07, 6.45) is 1.45.